The molecule has 1 aromatic rings. The number of hydrogen-bond donors (Lipinski definition) is 0. The monoisotopic (exact) mass is 242 g/mol. The van der Waals surface area contributed by atoms with Gasteiger partial charge in [-0.1, -0.05) is 25.1 Å². The number of benzene rings is 1. The molecule has 18 heavy (non-hydrogen) atoms. The second-order valence-corrected chi connectivity index (χ2v) is 5.90. The Hall–Kier alpha value is -1.44. The summed E-state index contributed by atoms with van der Waals surface area (Å²) in [6.07, 6.45) is 3.54. The van der Waals surface area contributed by atoms with Crippen molar-refractivity contribution in [2.45, 2.75) is 44.9 Å². The summed E-state index contributed by atoms with van der Waals surface area (Å²) in [6, 6.07) is 6.54. The Morgan fingerprint density at radius 2 is 1.61 bits per heavy atom. The van der Waals surface area contributed by atoms with Crippen LogP contribution in [0.3, 0.4) is 0 Å². The Labute approximate surface area is 107 Å². The standard InChI is InChI=1S/C16H18O2/c1-10-4-11-2-3-12(6-13(11)5-10)14-7-15(17)9-16(18)8-14/h2-3,6,10,14H,4-5,7-9H2,1H3. The van der Waals surface area contributed by atoms with Crippen LogP contribution in [-0.4, -0.2) is 11.6 Å². The highest BCUT2D eigenvalue weighted by atomic mass is 16.1. The maximum Gasteiger partial charge on any atom is 0.140 e. The minimum Gasteiger partial charge on any atom is -0.299 e. The van der Waals surface area contributed by atoms with Crippen molar-refractivity contribution < 1.29 is 9.59 Å². The van der Waals surface area contributed by atoms with Crippen molar-refractivity contribution >= 4 is 11.6 Å². The van der Waals surface area contributed by atoms with Crippen LogP contribution in [0.5, 0.6) is 0 Å². The minimum absolute atomic E-state index is 0.102. The number of carbonyl (C=O) groups is 2. The smallest absolute Gasteiger partial charge is 0.140 e. The van der Waals surface area contributed by atoms with Crippen LogP contribution in [0.2, 0.25) is 0 Å². The van der Waals surface area contributed by atoms with Crippen LogP contribution in [0.15, 0.2) is 18.2 Å². The lowest BCUT2D eigenvalue weighted by atomic mass is 9.82. The second kappa shape index (κ2) is 4.34. The first-order chi connectivity index (χ1) is 8.61. The van der Waals surface area contributed by atoms with Gasteiger partial charge >= 0.3 is 0 Å². The fourth-order valence-electron chi connectivity index (χ4n) is 3.33. The summed E-state index contributed by atoms with van der Waals surface area (Å²) in [7, 11) is 0. The average Bonchev–Trinajstić information content (AvgIpc) is 2.66. The Balaban J connectivity index is 1.87. The van der Waals surface area contributed by atoms with Crippen LogP contribution in [0.25, 0.3) is 0 Å². The van der Waals surface area contributed by atoms with Gasteiger partial charge < -0.3 is 0 Å². The van der Waals surface area contributed by atoms with Crippen LogP contribution in [0, 0.1) is 5.92 Å². The van der Waals surface area contributed by atoms with Crippen LogP contribution < -0.4 is 0 Å². The first-order valence-electron chi connectivity index (χ1n) is 6.77. The second-order valence-electron chi connectivity index (χ2n) is 5.90. The van der Waals surface area contributed by atoms with Crippen LogP contribution in [-0.2, 0) is 22.4 Å². The number of hydrogen-bond acceptors (Lipinski definition) is 2. The van der Waals surface area contributed by atoms with E-state index in [2.05, 4.69) is 25.1 Å². The predicted octanol–water partition coefficient (Wildman–Crippen LogP) is 2.83. The molecule has 1 atom stereocenters. The largest absolute Gasteiger partial charge is 0.299 e. The lowest BCUT2D eigenvalue weighted by Gasteiger charge is -2.21. The molecule has 94 valence electrons. The van der Waals surface area contributed by atoms with Crippen molar-refractivity contribution in [3.63, 3.8) is 0 Å². The van der Waals surface area contributed by atoms with E-state index in [4.69, 9.17) is 0 Å². The zero-order valence-corrected chi connectivity index (χ0v) is 10.7. The van der Waals surface area contributed by atoms with E-state index in [1.807, 2.05) is 0 Å². The van der Waals surface area contributed by atoms with Gasteiger partial charge in [-0.3, -0.25) is 9.59 Å². The number of ketones is 2. The molecular formula is C16H18O2. The van der Waals surface area contributed by atoms with Crippen molar-refractivity contribution in [2.24, 2.45) is 5.92 Å². The van der Waals surface area contributed by atoms with Crippen LogP contribution in [0.4, 0.5) is 0 Å². The SMILES string of the molecule is CC1Cc2ccc(C3CC(=O)CC(=O)C3)cc2C1. The van der Waals surface area contributed by atoms with Gasteiger partial charge in [-0.2, -0.15) is 0 Å². The molecule has 2 aliphatic carbocycles. The van der Waals surface area contributed by atoms with E-state index in [0.717, 1.165) is 18.8 Å². The Bertz CT molecular complexity index is 500. The quantitative estimate of drug-likeness (QED) is 0.710. The lowest BCUT2D eigenvalue weighted by molar-refractivity contribution is -0.130. The molecular weight excluding hydrogens is 224 g/mol. The van der Waals surface area contributed by atoms with Crippen molar-refractivity contribution in [1.82, 2.24) is 0 Å². The van der Waals surface area contributed by atoms with Crippen molar-refractivity contribution in [3.8, 4) is 0 Å². The lowest BCUT2D eigenvalue weighted by Crippen LogP contribution is -2.21. The highest BCUT2D eigenvalue weighted by molar-refractivity contribution is 6.02. The molecule has 0 saturated heterocycles. The molecule has 1 fully saturated rings. The molecule has 2 heteroatoms. The fraction of sp³-hybridized carbons (Fsp3) is 0.500. The predicted molar refractivity (Wildman–Crippen MR) is 69.6 cm³/mol. The minimum atomic E-state index is 0.102. The van der Waals surface area contributed by atoms with Gasteiger partial charge in [-0.05, 0) is 41.4 Å². The highest BCUT2D eigenvalue weighted by Gasteiger charge is 2.27. The maximum atomic E-state index is 11.5. The third-order valence-electron chi connectivity index (χ3n) is 4.18. The van der Waals surface area contributed by atoms with E-state index in [1.54, 1.807) is 0 Å². The summed E-state index contributed by atoms with van der Waals surface area (Å²) >= 11 is 0. The van der Waals surface area contributed by atoms with E-state index in [0.29, 0.717) is 12.8 Å². The van der Waals surface area contributed by atoms with Gasteiger partial charge in [-0.25, -0.2) is 0 Å². The van der Waals surface area contributed by atoms with Gasteiger partial charge in [0.25, 0.3) is 0 Å². The Morgan fingerprint density at radius 3 is 2.33 bits per heavy atom. The Morgan fingerprint density at radius 1 is 0.944 bits per heavy atom. The van der Waals surface area contributed by atoms with Gasteiger partial charge in [0.2, 0.25) is 0 Å². The molecule has 0 aromatic heterocycles. The molecule has 0 N–H and O–H groups in total. The van der Waals surface area contributed by atoms with Crippen LogP contribution in [0.1, 0.15) is 48.8 Å². The average molecular weight is 242 g/mol. The summed E-state index contributed by atoms with van der Waals surface area (Å²) < 4.78 is 0. The summed E-state index contributed by atoms with van der Waals surface area (Å²) in [5, 5.41) is 0. The molecule has 0 bridgehead atoms. The molecule has 0 aliphatic heterocycles. The molecule has 0 amide bonds. The molecule has 0 heterocycles. The van der Waals surface area contributed by atoms with Crippen molar-refractivity contribution in [1.29, 1.82) is 0 Å². The molecule has 0 radical (unpaired) electrons. The molecule has 1 aromatic carbocycles. The van der Waals surface area contributed by atoms with Gasteiger partial charge in [0.05, 0.1) is 6.42 Å². The van der Waals surface area contributed by atoms with E-state index < -0.39 is 0 Å². The third kappa shape index (κ3) is 2.12. The van der Waals surface area contributed by atoms with Gasteiger partial charge in [-0.15, -0.1) is 0 Å². The molecule has 3 rings (SSSR count). The summed E-state index contributed by atoms with van der Waals surface area (Å²) in [4.78, 5) is 23.0. The van der Waals surface area contributed by atoms with Crippen molar-refractivity contribution in [2.75, 3.05) is 0 Å². The van der Waals surface area contributed by atoms with Crippen molar-refractivity contribution in [3.05, 3.63) is 34.9 Å². The topological polar surface area (TPSA) is 34.1 Å². The normalized spacial score (nSPS) is 24.4. The zero-order chi connectivity index (χ0) is 12.7. The van der Waals surface area contributed by atoms with Gasteiger partial charge in [0.15, 0.2) is 0 Å². The first-order valence-corrected chi connectivity index (χ1v) is 6.77. The number of rotatable bonds is 1. The molecule has 1 saturated carbocycles. The number of carbonyl (C=O) groups excluding carboxylic acids is 2. The first kappa shape index (κ1) is 11.6. The number of fused-ring (bicyclic) bond motifs is 1. The maximum absolute atomic E-state index is 11.5. The zero-order valence-electron chi connectivity index (χ0n) is 10.7. The van der Waals surface area contributed by atoms with Crippen LogP contribution >= 0.6 is 0 Å². The number of Topliss-reactive ketones (excluding diaryl/α,β-unsaturated/α-hetero) is 2. The van der Waals surface area contributed by atoms with E-state index in [9.17, 15) is 9.59 Å². The Kier molecular flexibility index (Phi) is 2.81. The van der Waals surface area contributed by atoms with Gasteiger partial charge in [0, 0.05) is 12.8 Å². The summed E-state index contributed by atoms with van der Waals surface area (Å²) in [5.41, 5.74) is 4.05. The third-order valence-corrected chi connectivity index (χ3v) is 4.18. The molecule has 2 nitrogen and oxygen atoms in total. The highest BCUT2D eigenvalue weighted by Crippen LogP contribution is 2.33. The van der Waals surface area contributed by atoms with E-state index in [1.165, 1.54) is 16.7 Å². The van der Waals surface area contributed by atoms with Gasteiger partial charge in [0.1, 0.15) is 11.6 Å². The van der Waals surface area contributed by atoms with E-state index >= 15 is 0 Å². The fourth-order valence-corrected chi connectivity index (χ4v) is 3.33. The summed E-state index contributed by atoms with van der Waals surface area (Å²) in [5.74, 6) is 1.06. The molecule has 0 spiro atoms. The van der Waals surface area contributed by atoms with E-state index in [-0.39, 0.29) is 23.9 Å². The molecule has 2 aliphatic rings. The summed E-state index contributed by atoms with van der Waals surface area (Å²) in [6.45, 7) is 2.27. The molecule has 1 unspecified atom stereocenters.